The summed E-state index contributed by atoms with van der Waals surface area (Å²) in [4.78, 5) is 9.14. The lowest BCUT2D eigenvalue weighted by molar-refractivity contribution is 0.586. The van der Waals surface area contributed by atoms with Gasteiger partial charge >= 0.3 is 0 Å². The van der Waals surface area contributed by atoms with Gasteiger partial charge in [-0.05, 0) is 51.8 Å². The van der Waals surface area contributed by atoms with Crippen molar-refractivity contribution in [2.75, 3.05) is 5.32 Å². The van der Waals surface area contributed by atoms with Crippen LogP contribution in [0.3, 0.4) is 0 Å². The normalized spacial score (nSPS) is 12.2. The number of para-hydroxylation sites is 2. The van der Waals surface area contributed by atoms with Crippen molar-refractivity contribution < 1.29 is 0 Å². The predicted octanol–water partition coefficient (Wildman–Crippen LogP) is 5.29. The van der Waals surface area contributed by atoms with Crippen molar-refractivity contribution >= 4 is 23.9 Å². The van der Waals surface area contributed by atoms with E-state index in [-0.39, 0.29) is 5.54 Å². The van der Waals surface area contributed by atoms with E-state index >= 15 is 0 Å². The van der Waals surface area contributed by atoms with Gasteiger partial charge in [0.05, 0.1) is 17.6 Å². The summed E-state index contributed by atoms with van der Waals surface area (Å²) in [6.07, 6.45) is 3.66. The van der Waals surface area contributed by atoms with Crippen molar-refractivity contribution in [1.82, 2.24) is 0 Å². The molecule has 2 aromatic carbocycles. The SMILES string of the molecule is Cc1cccc(C)c1N=Cc1ccccc1NC=NC(C)(C)C. The first-order chi connectivity index (χ1) is 10.9. The molecular weight excluding hydrogens is 282 g/mol. The number of anilines is 1. The minimum Gasteiger partial charge on any atom is -0.346 e. The quantitative estimate of drug-likeness (QED) is 0.604. The first kappa shape index (κ1) is 16.9. The molecule has 0 aliphatic rings. The van der Waals surface area contributed by atoms with Gasteiger partial charge in [-0.2, -0.15) is 0 Å². The molecule has 3 heteroatoms. The Bertz CT molecular complexity index is 702. The fraction of sp³-hybridized carbons (Fsp3) is 0.300. The molecule has 0 unspecified atom stereocenters. The van der Waals surface area contributed by atoms with Crippen molar-refractivity contribution in [3.05, 3.63) is 59.2 Å². The summed E-state index contributed by atoms with van der Waals surface area (Å²) in [5.74, 6) is 0. The van der Waals surface area contributed by atoms with Crippen LogP contribution in [0.4, 0.5) is 11.4 Å². The van der Waals surface area contributed by atoms with E-state index in [1.165, 1.54) is 11.1 Å². The van der Waals surface area contributed by atoms with Gasteiger partial charge in [0.25, 0.3) is 0 Å². The van der Waals surface area contributed by atoms with Crippen LogP contribution >= 0.6 is 0 Å². The molecule has 0 saturated heterocycles. The molecule has 0 saturated carbocycles. The molecule has 0 fully saturated rings. The minimum atomic E-state index is -0.0890. The van der Waals surface area contributed by atoms with E-state index in [9.17, 15) is 0 Å². The van der Waals surface area contributed by atoms with Gasteiger partial charge < -0.3 is 5.32 Å². The summed E-state index contributed by atoms with van der Waals surface area (Å²) in [7, 11) is 0. The van der Waals surface area contributed by atoms with Gasteiger partial charge in [-0.1, -0.05) is 36.4 Å². The van der Waals surface area contributed by atoms with E-state index in [1.807, 2.05) is 30.5 Å². The molecule has 0 atom stereocenters. The highest BCUT2D eigenvalue weighted by Gasteiger charge is 2.05. The largest absolute Gasteiger partial charge is 0.346 e. The third-order valence-electron chi connectivity index (χ3n) is 3.40. The fourth-order valence-corrected chi connectivity index (χ4v) is 2.18. The number of aliphatic imine (C=N–C) groups is 2. The molecule has 120 valence electrons. The Kier molecular flexibility index (Phi) is 5.32. The first-order valence-corrected chi connectivity index (χ1v) is 7.86. The summed E-state index contributed by atoms with van der Waals surface area (Å²) < 4.78 is 0. The number of nitrogens with zero attached hydrogens (tertiary/aromatic N) is 2. The Balaban J connectivity index is 2.24. The highest BCUT2D eigenvalue weighted by atomic mass is 15.0. The average Bonchev–Trinajstić information content (AvgIpc) is 2.47. The predicted molar refractivity (Wildman–Crippen MR) is 101 cm³/mol. The van der Waals surface area contributed by atoms with Crippen LogP contribution in [0.2, 0.25) is 0 Å². The molecule has 2 rings (SSSR count). The molecule has 0 heterocycles. The lowest BCUT2D eigenvalue weighted by Crippen LogP contribution is -2.12. The van der Waals surface area contributed by atoms with E-state index in [1.54, 1.807) is 6.34 Å². The molecule has 0 amide bonds. The van der Waals surface area contributed by atoms with E-state index in [0.717, 1.165) is 16.9 Å². The third kappa shape index (κ3) is 5.06. The van der Waals surface area contributed by atoms with Crippen LogP contribution in [-0.4, -0.2) is 18.1 Å². The summed E-state index contributed by atoms with van der Waals surface area (Å²) in [6, 6.07) is 14.3. The van der Waals surface area contributed by atoms with Crippen molar-refractivity contribution in [3.8, 4) is 0 Å². The van der Waals surface area contributed by atoms with Crippen LogP contribution in [0.1, 0.15) is 37.5 Å². The van der Waals surface area contributed by atoms with Crippen molar-refractivity contribution in [3.63, 3.8) is 0 Å². The zero-order valence-corrected chi connectivity index (χ0v) is 14.6. The van der Waals surface area contributed by atoms with Gasteiger partial charge in [0.2, 0.25) is 0 Å². The standard InChI is InChI=1S/C20H25N3/c1-15-9-8-10-16(2)19(15)21-13-17-11-6-7-12-18(17)22-14-23-20(3,4)5/h6-14H,1-5H3,(H,22,23). The van der Waals surface area contributed by atoms with E-state index in [4.69, 9.17) is 0 Å². The molecule has 0 aliphatic carbocycles. The van der Waals surface area contributed by atoms with Gasteiger partial charge in [-0.15, -0.1) is 0 Å². The minimum absolute atomic E-state index is 0.0890. The Morgan fingerprint density at radius 3 is 2.22 bits per heavy atom. The zero-order chi connectivity index (χ0) is 16.9. The van der Waals surface area contributed by atoms with Crippen LogP contribution < -0.4 is 5.32 Å². The molecule has 2 aromatic rings. The molecule has 3 nitrogen and oxygen atoms in total. The van der Waals surface area contributed by atoms with E-state index in [2.05, 4.69) is 68.1 Å². The number of rotatable bonds is 4. The second kappa shape index (κ2) is 7.23. The molecule has 23 heavy (non-hydrogen) atoms. The van der Waals surface area contributed by atoms with Gasteiger partial charge in [0.1, 0.15) is 0 Å². The first-order valence-electron chi connectivity index (χ1n) is 7.86. The Labute approximate surface area is 139 Å². The maximum atomic E-state index is 4.68. The second-order valence-corrected chi connectivity index (χ2v) is 6.66. The molecule has 0 aliphatic heterocycles. The van der Waals surface area contributed by atoms with Crippen LogP contribution in [0.15, 0.2) is 52.4 Å². The molecular formula is C20H25N3. The summed E-state index contributed by atoms with van der Waals surface area (Å²) in [6.45, 7) is 10.4. The van der Waals surface area contributed by atoms with Gasteiger partial charge in [-0.25, -0.2) is 0 Å². The second-order valence-electron chi connectivity index (χ2n) is 6.66. The van der Waals surface area contributed by atoms with Crippen molar-refractivity contribution in [2.45, 2.75) is 40.2 Å². The van der Waals surface area contributed by atoms with Crippen LogP contribution in [-0.2, 0) is 0 Å². The molecule has 0 aromatic heterocycles. The monoisotopic (exact) mass is 307 g/mol. The van der Waals surface area contributed by atoms with Gasteiger partial charge in [0, 0.05) is 17.5 Å². The lowest BCUT2D eigenvalue weighted by atomic mass is 10.1. The third-order valence-corrected chi connectivity index (χ3v) is 3.40. The lowest BCUT2D eigenvalue weighted by Gasteiger charge is -2.12. The molecule has 0 radical (unpaired) electrons. The summed E-state index contributed by atoms with van der Waals surface area (Å²) in [5, 5.41) is 3.25. The van der Waals surface area contributed by atoms with Gasteiger partial charge in [0.15, 0.2) is 0 Å². The van der Waals surface area contributed by atoms with Crippen LogP contribution in [0.5, 0.6) is 0 Å². The molecule has 1 N–H and O–H groups in total. The number of aryl methyl sites for hydroxylation is 2. The maximum absolute atomic E-state index is 4.68. The van der Waals surface area contributed by atoms with Crippen molar-refractivity contribution in [1.29, 1.82) is 0 Å². The van der Waals surface area contributed by atoms with E-state index in [0.29, 0.717) is 0 Å². The van der Waals surface area contributed by atoms with Gasteiger partial charge in [-0.3, -0.25) is 9.98 Å². The zero-order valence-electron chi connectivity index (χ0n) is 14.6. The smallest absolute Gasteiger partial charge is 0.0874 e. The average molecular weight is 307 g/mol. The van der Waals surface area contributed by atoms with E-state index < -0.39 is 0 Å². The van der Waals surface area contributed by atoms with Crippen molar-refractivity contribution in [2.24, 2.45) is 9.98 Å². The Morgan fingerprint density at radius 1 is 0.913 bits per heavy atom. The molecule has 0 spiro atoms. The highest BCUT2D eigenvalue weighted by molar-refractivity contribution is 5.93. The summed E-state index contributed by atoms with van der Waals surface area (Å²) in [5.41, 5.74) is 5.34. The summed E-state index contributed by atoms with van der Waals surface area (Å²) >= 11 is 0. The van der Waals surface area contributed by atoms with Crippen LogP contribution in [0.25, 0.3) is 0 Å². The number of nitrogens with one attached hydrogen (secondary N) is 1. The Morgan fingerprint density at radius 2 is 1.57 bits per heavy atom. The van der Waals surface area contributed by atoms with Crippen LogP contribution in [0, 0.1) is 13.8 Å². The number of hydrogen-bond acceptors (Lipinski definition) is 2. The number of benzene rings is 2. The maximum Gasteiger partial charge on any atom is 0.0874 e. The highest BCUT2D eigenvalue weighted by Crippen LogP contribution is 2.23. The number of hydrogen-bond donors (Lipinski definition) is 1. The topological polar surface area (TPSA) is 36.8 Å². The fourth-order valence-electron chi connectivity index (χ4n) is 2.18. The molecule has 0 bridgehead atoms. The Hall–Kier alpha value is -2.42.